The van der Waals surface area contributed by atoms with Crippen LogP contribution in [0, 0.1) is 0 Å². The Hall–Kier alpha value is -17.4. The van der Waals surface area contributed by atoms with Gasteiger partial charge >= 0.3 is 0 Å². The molecule has 0 radical (unpaired) electrons. The van der Waals surface area contributed by atoms with Gasteiger partial charge in [-0.05, 0) is 220 Å². The van der Waals surface area contributed by atoms with Crippen LogP contribution in [0.3, 0.4) is 0 Å². The minimum Gasteiger partial charge on any atom is -0.455 e. The number of aromatic nitrogens is 1. The summed E-state index contributed by atoms with van der Waals surface area (Å²) in [4.78, 5) is 0. The summed E-state index contributed by atoms with van der Waals surface area (Å²) in [6.45, 7) is 0. The van der Waals surface area contributed by atoms with Crippen LogP contribution in [0.5, 0.6) is 0 Å². The van der Waals surface area contributed by atoms with E-state index in [0.717, 1.165) is 99.3 Å². The summed E-state index contributed by atoms with van der Waals surface area (Å²) in [7, 11) is 0. The Morgan fingerprint density at radius 3 is 0.803 bits per heavy atom. The number of rotatable bonds is 9. The van der Waals surface area contributed by atoms with Crippen molar-refractivity contribution in [2.24, 2.45) is 0 Å². The maximum absolute atomic E-state index is 6.56. The van der Waals surface area contributed by atoms with Gasteiger partial charge in [0.2, 0.25) is 0 Å². The summed E-state index contributed by atoms with van der Waals surface area (Å²) in [5.74, 6) is 0. The molecule has 0 spiro atoms. The van der Waals surface area contributed by atoms with Gasteiger partial charge in [0, 0.05) is 71.0 Å². The van der Waals surface area contributed by atoms with E-state index in [9.17, 15) is 0 Å². The van der Waals surface area contributed by atoms with Crippen LogP contribution < -0.4 is 0 Å². The Morgan fingerprint density at radius 2 is 0.402 bits per heavy atom. The fourth-order valence-electron chi connectivity index (χ4n) is 21.4. The molecule has 0 fully saturated rings. The lowest BCUT2D eigenvalue weighted by Crippen LogP contribution is -1.94. The Kier molecular flexibility index (Phi) is 18.0. The third-order valence-electron chi connectivity index (χ3n) is 27.3. The molecule has 0 atom stereocenters. The van der Waals surface area contributed by atoms with Gasteiger partial charge in [-0.2, -0.15) is 0 Å². The fourth-order valence-corrected chi connectivity index (χ4v) is 21.4. The molecule has 4 aromatic heterocycles. The van der Waals surface area contributed by atoms with Gasteiger partial charge in [0.25, 0.3) is 0 Å². The molecule has 132 heavy (non-hydrogen) atoms. The Labute approximate surface area is 760 Å². The van der Waals surface area contributed by atoms with Crippen molar-refractivity contribution in [3.05, 3.63) is 479 Å². The largest absolute Gasteiger partial charge is 0.455 e. The highest BCUT2D eigenvalue weighted by Gasteiger charge is 2.26. The fraction of sp³-hybridized carbons (Fsp3) is 0. The van der Waals surface area contributed by atoms with Crippen LogP contribution >= 0.6 is 0 Å². The number of fused-ring (bicyclic) bond motifs is 20. The van der Waals surface area contributed by atoms with Gasteiger partial charge < -0.3 is 17.8 Å². The van der Waals surface area contributed by atoms with E-state index in [2.05, 4.69) is 460 Å². The lowest BCUT2D eigenvalue weighted by Gasteiger charge is -2.19. The molecule has 0 aliphatic rings. The van der Waals surface area contributed by atoms with Crippen molar-refractivity contribution < 1.29 is 13.3 Å². The topological polar surface area (TPSA) is 44.4 Å². The molecule has 0 amide bonds. The molecular formula is C128H79NO3. The van der Waals surface area contributed by atoms with Gasteiger partial charge in [0.05, 0.1) is 11.0 Å². The lowest BCUT2D eigenvalue weighted by atomic mass is 9.84. The number of para-hydroxylation sites is 8. The van der Waals surface area contributed by atoms with Crippen LogP contribution in [0.4, 0.5) is 0 Å². The van der Waals surface area contributed by atoms with E-state index < -0.39 is 0 Å². The average molecular weight is 1680 g/mol. The smallest absolute Gasteiger partial charge is 0.143 e. The molecule has 28 rings (SSSR count). The molecule has 0 aliphatic heterocycles. The molecule has 0 N–H and O–H groups in total. The number of nitrogens with zero attached hydrogens (tertiary/aromatic N) is 1. The van der Waals surface area contributed by atoms with E-state index in [4.69, 9.17) is 13.3 Å². The van der Waals surface area contributed by atoms with Crippen molar-refractivity contribution >= 4 is 174 Å². The van der Waals surface area contributed by atoms with Crippen LogP contribution in [0.25, 0.3) is 269 Å². The quantitative estimate of drug-likeness (QED) is 0.135. The second-order valence-electron chi connectivity index (χ2n) is 34.6. The zero-order valence-electron chi connectivity index (χ0n) is 71.8. The predicted molar refractivity (Wildman–Crippen MR) is 559 cm³/mol. The first-order chi connectivity index (χ1) is 65.5. The monoisotopic (exact) mass is 1680 g/mol. The number of furan rings is 3. The van der Waals surface area contributed by atoms with Crippen LogP contribution in [-0.2, 0) is 0 Å². The first-order valence-electron chi connectivity index (χ1n) is 45.3. The molecule has 0 bridgehead atoms. The standard InChI is InChI=1S/C46H28O.C44H27NO.C38H24O/c1-3-12-31-26-34(22-20-29(31)10-1)44-38-15-5-6-16-39(38)45(35-23-21-30-11-2-4-13-32(30)27-35)42-28-33(24-25-40(42)44)36-17-9-18-41-37-14-7-8-19-43(37)47-46(36)41;1-3-17-35-33(15-1)42(28-24-26-29(27-25-28)45-39-21-8-5-12-30(39)31-13-6-9-22-40(31)45)34-16-2-4-18-36(34)43(35)38-20-11-19-37-32-14-7-10-23-41(32)46-44(37)38;1-3-12-25(13-4-1)36-30-17-7-8-18-31(30)37(26-14-5-2-6-15-26)34-24-27(22-23-32(34)36)28-19-11-20-33-29-16-9-10-21-35(29)39-38(28)33/h1-28H;1-27H;1-24H. The van der Waals surface area contributed by atoms with Crippen molar-refractivity contribution in [3.63, 3.8) is 0 Å². The van der Waals surface area contributed by atoms with Crippen LogP contribution in [0.15, 0.2) is 492 Å². The van der Waals surface area contributed by atoms with Gasteiger partial charge in [0.1, 0.15) is 33.5 Å². The van der Waals surface area contributed by atoms with E-state index in [1.807, 2.05) is 24.3 Å². The van der Waals surface area contributed by atoms with Gasteiger partial charge in [-0.25, -0.2) is 0 Å². The molecule has 0 saturated carbocycles. The van der Waals surface area contributed by atoms with Gasteiger partial charge in [-0.3, -0.25) is 0 Å². The SMILES string of the molecule is c1ccc(-c2c3ccccc3c(-c3ccccc3)c3cc(-c4cccc5c4oc4ccccc45)ccc23)cc1.c1ccc2c(c1)oc1c(-c3c4ccccc4c(-c4ccc(-n5c6ccccc6c6ccccc65)cc4)c4ccccc34)cccc12.c1ccc2cc(-c3c4ccccc4c(-c4ccc5ccccc5c4)c4cc(-c5cccc6c5oc5ccccc56)ccc34)ccc2c1. The molecule has 24 aromatic carbocycles. The molecule has 28 aromatic rings. The Morgan fingerprint density at radius 1 is 0.136 bits per heavy atom. The van der Waals surface area contributed by atoms with Crippen LogP contribution in [-0.4, -0.2) is 4.57 Å². The zero-order valence-corrected chi connectivity index (χ0v) is 71.8. The van der Waals surface area contributed by atoms with Crippen molar-refractivity contribution in [2.45, 2.75) is 0 Å². The van der Waals surface area contributed by atoms with E-state index in [1.165, 1.54) is 169 Å². The van der Waals surface area contributed by atoms with Crippen LogP contribution in [0.1, 0.15) is 0 Å². The van der Waals surface area contributed by atoms with Crippen molar-refractivity contribution in [1.82, 2.24) is 4.57 Å². The lowest BCUT2D eigenvalue weighted by molar-refractivity contribution is 0.669. The molecular weight excluding hydrogens is 1600 g/mol. The normalized spacial score (nSPS) is 11.8. The third-order valence-corrected chi connectivity index (χ3v) is 27.3. The number of benzene rings is 24. The zero-order chi connectivity index (χ0) is 86.9. The maximum Gasteiger partial charge on any atom is 0.143 e. The molecule has 4 nitrogen and oxygen atoms in total. The highest BCUT2D eigenvalue weighted by Crippen LogP contribution is 2.52. The van der Waals surface area contributed by atoms with Crippen molar-refractivity contribution in [1.29, 1.82) is 0 Å². The molecule has 614 valence electrons. The minimum absolute atomic E-state index is 0.914. The molecule has 0 unspecified atom stereocenters. The summed E-state index contributed by atoms with van der Waals surface area (Å²) in [5, 5.41) is 29.3. The van der Waals surface area contributed by atoms with Gasteiger partial charge in [0.15, 0.2) is 0 Å². The Balaban J connectivity index is 0.000000104. The second kappa shape index (κ2) is 31.3. The summed E-state index contributed by atoms with van der Waals surface area (Å²) >= 11 is 0. The third kappa shape index (κ3) is 12.4. The van der Waals surface area contributed by atoms with E-state index in [0.29, 0.717) is 0 Å². The molecule has 0 aliphatic carbocycles. The summed E-state index contributed by atoms with van der Waals surface area (Å²) in [6, 6.07) is 173. The first kappa shape index (κ1) is 75.9. The summed E-state index contributed by atoms with van der Waals surface area (Å²) in [6.07, 6.45) is 0. The van der Waals surface area contributed by atoms with E-state index in [1.54, 1.807) is 0 Å². The van der Waals surface area contributed by atoms with Gasteiger partial charge in [-0.15, -0.1) is 0 Å². The van der Waals surface area contributed by atoms with Crippen LogP contribution in [0.2, 0.25) is 0 Å². The minimum atomic E-state index is 0.914. The van der Waals surface area contributed by atoms with Crippen molar-refractivity contribution in [3.8, 4) is 94.7 Å². The molecule has 4 heterocycles. The summed E-state index contributed by atoms with van der Waals surface area (Å²) in [5.41, 5.74) is 28.4. The van der Waals surface area contributed by atoms with Gasteiger partial charge in [-0.1, -0.05) is 413 Å². The second-order valence-corrected chi connectivity index (χ2v) is 34.6. The van der Waals surface area contributed by atoms with E-state index in [-0.39, 0.29) is 0 Å². The highest BCUT2D eigenvalue weighted by atomic mass is 16.3. The maximum atomic E-state index is 6.56. The Bertz CT molecular complexity index is 9430. The predicted octanol–water partition coefficient (Wildman–Crippen LogP) is 36.4. The van der Waals surface area contributed by atoms with E-state index >= 15 is 0 Å². The average Bonchev–Trinajstić information content (AvgIpc) is 1.72. The molecule has 0 saturated heterocycles. The number of hydrogen-bond acceptors (Lipinski definition) is 3. The first-order valence-corrected chi connectivity index (χ1v) is 45.3. The molecule has 4 heteroatoms. The summed E-state index contributed by atoms with van der Waals surface area (Å²) < 4.78 is 21.9. The van der Waals surface area contributed by atoms with Crippen molar-refractivity contribution in [2.75, 3.05) is 0 Å². The highest BCUT2D eigenvalue weighted by molar-refractivity contribution is 6.28. The number of hydrogen-bond donors (Lipinski definition) is 0.